The number of halogens is 3. The standard InChI is InChI=1S/C14H19F3N2O/c1-19-7-5-10(6-8-19)18-13-4-3-11(20-2)9-12(13)14(15,16)17/h3-4,9-10,18H,5-8H2,1-2H3. The predicted octanol–water partition coefficient (Wildman–Crippen LogP) is 3.22. The van der Waals surface area contributed by atoms with Crippen LogP contribution in [0.1, 0.15) is 18.4 Å². The molecule has 0 unspecified atom stereocenters. The molecule has 6 heteroatoms. The highest BCUT2D eigenvalue weighted by molar-refractivity contribution is 5.56. The van der Waals surface area contributed by atoms with E-state index in [9.17, 15) is 13.2 Å². The lowest BCUT2D eigenvalue weighted by Crippen LogP contribution is -2.37. The molecule has 0 radical (unpaired) electrons. The van der Waals surface area contributed by atoms with Gasteiger partial charge in [-0.25, -0.2) is 0 Å². The second-order valence-electron chi connectivity index (χ2n) is 5.13. The highest BCUT2D eigenvalue weighted by Gasteiger charge is 2.34. The summed E-state index contributed by atoms with van der Waals surface area (Å²) in [5.74, 6) is 0.214. The number of ether oxygens (including phenoxy) is 1. The van der Waals surface area contributed by atoms with Crippen molar-refractivity contribution in [2.45, 2.75) is 25.1 Å². The molecule has 2 rings (SSSR count). The highest BCUT2D eigenvalue weighted by Crippen LogP contribution is 2.37. The molecule has 0 saturated carbocycles. The zero-order valence-electron chi connectivity index (χ0n) is 11.6. The SMILES string of the molecule is COc1ccc(NC2CCN(C)CC2)c(C(F)(F)F)c1. The van der Waals surface area contributed by atoms with Crippen LogP contribution in [0, 0.1) is 0 Å². The molecule has 1 aromatic rings. The number of nitrogens with zero attached hydrogens (tertiary/aromatic N) is 1. The second-order valence-corrected chi connectivity index (χ2v) is 5.13. The lowest BCUT2D eigenvalue weighted by Gasteiger charge is -2.31. The molecule has 1 aromatic carbocycles. The fourth-order valence-corrected chi connectivity index (χ4v) is 2.38. The van der Waals surface area contributed by atoms with Crippen LogP contribution >= 0.6 is 0 Å². The number of rotatable bonds is 3. The van der Waals surface area contributed by atoms with Gasteiger partial charge in [0.05, 0.1) is 12.7 Å². The molecule has 0 aliphatic carbocycles. The molecule has 1 N–H and O–H groups in total. The maximum absolute atomic E-state index is 13.1. The van der Waals surface area contributed by atoms with Crippen LogP contribution in [0.25, 0.3) is 0 Å². The van der Waals surface area contributed by atoms with E-state index in [4.69, 9.17) is 4.74 Å². The van der Waals surface area contributed by atoms with Gasteiger partial charge in [0.1, 0.15) is 5.75 Å². The second kappa shape index (κ2) is 5.91. The maximum atomic E-state index is 13.1. The first-order chi connectivity index (χ1) is 9.40. The first-order valence-corrected chi connectivity index (χ1v) is 6.60. The van der Waals surface area contributed by atoms with Crippen LogP contribution in [0.15, 0.2) is 18.2 Å². The molecule has 1 heterocycles. The van der Waals surface area contributed by atoms with Crippen LogP contribution in [0.4, 0.5) is 18.9 Å². The number of methoxy groups -OCH3 is 1. The van der Waals surface area contributed by atoms with Crippen molar-refractivity contribution in [2.75, 3.05) is 32.6 Å². The molecule has 1 aliphatic heterocycles. The Morgan fingerprint density at radius 1 is 1.25 bits per heavy atom. The van der Waals surface area contributed by atoms with Crippen LogP contribution in [-0.4, -0.2) is 38.2 Å². The van der Waals surface area contributed by atoms with E-state index < -0.39 is 11.7 Å². The Hall–Kier alpha value is -1.43. The molecular weight excluding hydrogens is 269 g/mol. The Bertz CT molecular complexity index is 454. The minimum Gasteiger partial charge on any atom is -0.497 e. The van der Waals surface area contributed by atoms with E-state index in [0.29, 0.717) is 0 Å². The highest BCUT2D eigenvalue weighted by atomic mass is 19.4. The normalized spacial score (nSPS) is 18.1. The van der Waals surface area contributed by atoms with Crippen LogP contribution in [0.3, 0.4) is 0 Å². The molecule has 3 nitrogen and oxygen atoms in total. The summed E-state index contributed by atoms with van der Waals surface area (Å²) in [6, 6.07) is 4.12. The molecule has 0 atom stereocenters. The van der Waals surface area contributed by atoms with Crippen LogP contribution in [0.2, 0.25) is 0 Å². The van der Waals surface area contributed by atoms with Gasteiger partial charge in [0.15, 0.2) is 0 Å². The first-order valence-electron chi connectivity index (χ1n) is 6.60. The quantitative estimate of drug-likeness (QED) is 0.924. The smallest absolute Gasteiger partial charge is 0.418 e. The lowest BCUT2D eigenvalue weighted by atomic mass is 10.0. The van der Waals surface area contributed by atoms with Gasteiger partial charge in [-0.15, -0.1) is 0 Å². The average molecular weight is 288 g/mol. The van der Waals surface area contributed by atoms with E-state index in [2.05, 4.69) is 10.2 Å². The van der Waals surface area contributed by atoms with Gasteiger partial charge < -0.3 is 15.0 Å². The first kappa shape index (κ1) is 15.0. The van der Waals surface area contributed by atoms with E-state index in [-0.39, 0.29) is 17.5 Å². The topological polar surface area (TPSA) is 24.5 Å². The summed E-state index contributed by atoms with van der Waals surface area (Å²) in [7, 11) is 3.38. The molecule has 0 bridgehead atoms. The zero-order chi connectivity index (χ0) is 14.8. The van der Waals surface area contributed by atoms with Crippen LogP contribution in [-0.2, 0) is 6.18 Å². The number of likely N-dealkylation sites (tertiary alicyclic amines) is 1. The fourth-order valence-electron chi connectivity index (χ4n) is 2.38. The Morgan fingerprint density at radius 3 is 2.45 bits per heavy atom. The number of anilines is 1. The minimum atomic E-state index is -4.39. The number of alkyl halides is 3. The molecule has 0 spiro atoms. The van der Waals surface area contributed by atoms with Gasteiger partial charge in [0.25, 0.3) is 0 Å². The van der Waals surface area contributed by atoms with Crippen molar-refractivity contribution in [3.8, 4) is 5.75 Å². The Kier molecular flexibility index (Phi) is 4.42. The molecule has 1 saturated heterocycles. The van der Waals surface area contributed by atoms with Crippen molar-refractivity contribution in [3.05, 3.63) is 23.8 Å². The summed E-state index contributed by atoms with van der Waals surface area (Å²) >= 11 is 0. The third kappa shape index (κ3) is 3.56. The molecule has 112 valence electrons. The van der Waals surface area contributed by atoms with Gasteiger partial charge >= 0.3 is 6.18 Å². The van der Waals surface area contributed by atoms with Crippen molar-refractivity contribution >= 4 is 5.69 Å². The van der Waals surface area contributed by atoms with Gasteiger partial charge in [-0.3, -0.25) is 0 Å². The summed E-state index contributed by atoms with van der Waals surface area (Å²) in [4.78, 5) is 2.18. The summed E-state index contributed by atoms with van der Waals surface area (Å²) < 4.78 is 44.1. The number of nitrogens with one attached hydrogen (secondary N) is 1. The van der Waals surface area contributed by atoms with Crippen LogP contribution in [0.5, 0.6) is 5.75 Å². The summed E-state index contributed by atoms with van der Waals surface area (Å²) in [5, 5.41) is 3.03. The number of benzene rings is 1. The summed E-state index contributed by atoms with van der Waals surface area (Å²) in [5.41, 5.74) is -0.538. The van der Waals surface area contributed by atoms with E-state index in [1.54, 1.807) is 6.07 Å². The van der Waals surface area contributed by atoms with E-state index >= 15 is 0 Å². The third-order valence-corrected chi connectivity index (χ3v) is 3.61. The molecule has 1 fully saturated rings. The molecular formula is C14H19F3N2O. The van der Waals surface area contributed by atoms with Crippen LogP contribution < -0.4 is 10.1 Å². The predicted molar refractivity (Wildman–Crippen MR) is 72.1 cm³/mol. The largest absolute Gasteiger partial charge is 0.497 e. The molecule has 0 amide bonds. The van der Waals surface area contributed by atoms with E-state index in [0.717, 1.165) is 32.0 Å². The summed E-state index contributed by atoms with van der Waals surface area (Å²) in [6.45, 7) is 1.80. The number of hydrogen-bond donors (Lipinski definition) is 1. The maximum Gasteiger partial charge on any atom is 0.418 e. The van der Waals surface area contributed by atoms with Crippen molar-refractivity contribution in [2.24, 2.45) is 0 Å². The summed E-state index contributed by atoms with van der Waals surface area (Å²) in [6.07, 6.45) is -2.69. The van der Waals surface area contributed by atoms with Crippen molar-refractivity contribution < 1.29 is 17.9 Å². The number of piperidine rings is 1. The van der Waals surface area contributed by atoms with Gasteiger partial charge in [-0.05, 0) is 51.2 Å². The van der Waals surface area contributed by atoms with E-state index in [1.807, 2.05) is 7.05 Å². The molecule has 20 heavy (non-hydrogen) atoms. The average Bonchev–Trinajstić information content (AvgIpc) is 2.40. The molecule has 0 aromatic heterocycles. The lowest BCUT2D eigenvalue weighted by molar-refractivity contribution is -0.137. The Balaban J connectivity index is 2.18. The Morgan fingerprint density at radius 2 is 1.90 bits per heavy atom. The molecule has 1 aliphatic rings. The van der Waals surface area contributed by atoms with Crippen molar-refractivity contribution in [3.63, 3.8) is 0 Å². The van der Waals surface area contributed by atoms with Crippen molar-refractivity contribution in [1.82, 2.24) is 4.90 Å². The van der Waals surface area contributed by atoms with Crippen molar-refractivity contribution in [1.29, 1.82) is 0 Å². The monoisotopic (exact) mass is 288 g/mol. The van der Waals surface area contributed by atoms with Gasteiger partial charge in [0, 0.05) is 11.7 Å². The van der Waals surface area contributed by atoms with Gasteiger partial charge in [0.2, 0.25) is 0 Å². The zero-order valence-corrected chi connectivity index (χ0v) is 11.6. The van der Waals surface area contributed by atoms with Gasteiger partial charge in [-0.1, -0.05) is 0 Å². The van der Waals surface area contributed by atoms with Gasteiger partial charge in [-0.2, -0.15) is 13.2 Å². The Labute approximate surface area is 116 Å². The number of hydrogen-bond acceptors (Lipinski definition) is 3. The third-order valence-electron chi connectivity index (χ3n) is 3.61. The minimum absolute atomic E-state index is 0.0840. The van der Waals surface area contributed by atoms with E-state index in [1.165, 1.54) is 13.2 Å². The fraction of sp³-hybridized carbons (Fsp3) is 0.571.